The Morgan fingerprint density at radius 1 is 0.955 bits per heavy atom. The third-order valence-electron chi connectivity index (χ3n) is 7.04. The van der Waals surface area contributed by atoms with Crippen molar-refractivity contribution in [3.63, 3.8) is 0 Å². The maximum atomic E-state index is 13.4. The molecule has 0 saturated heterocycles. The summed E-state index contributed by atoms with van der Waals surface area (Å²) in [6.07, 6.45) is 0.321. The Hall–Kier alpha value is -4.60. The van der Waals surface area contributed by atoms with E-state index in [2.05, 4.69) is 0 Å². The Labute approximate surface area is 258 Å². The number of phenols is 1. The first kappa shape index (κ1) is 32.3. The predicted molar refractivity (Wildman–Crippen MR) is 164 cm³/mol. The SMILES string of the molecule is COC(=O)c1ccc(OC(C)C)c(Oc2ccc(C[C@H]3c4c(cc(OC)c(OC)c4O)CCN3C(=O)OC(C)(C)C)cc2)c1. The number of carbonyl (C=O) groups excluding carboxylic acids is 2. The first-order valence-corrected chi connectivity index (χ1v) is 14.5. The number of esters is 1. The number of benzene rings is 3. The molecule has 10 nitrogen and oxygen atoms in total. The van der Waals surface area contributed by atoms with Gasteiger partial charge >= 0.3 is 12.1 Å². The highest BCUT2D eigenvalue weighted by atomic mass is 16.6. The van der Waals surface area contributed by atoms with Crippen LogP contribution in [0.1, 0.15) is 67.7 Å². The van der Waals surface area contributed by atoms with E-state index in [1.54, 1.807) is 35.2 Å². The number of hydrogen-bond donors (Lipinski definition) is 1. The number of amides is 1. The van der Waals surface area contributed by atoms with Crippen LogP contribution in [0, 0.1) is 0 Å². The first-order valence-electron chi connectivity index (χ1n) is 14.5. The van der Waals surface area contributed by atoms with Gasteiger partial charge < -0.3 is 38.4 Å². The van der Waals surface area contributed by atoms with Crippen LogP contribution >= 0.6 is 0 Å². The topological polar surface area (TPSA) is 113 Å². The number of hydrogen-bond acceptors (Lipinski definition) is 9. The van der Waals surface area contributed by atoms with Crippen molar-refractivity contribution in [1.29, 1.82) is 0 Å². The molecule has 0 aromatic heterocycles. The average Bonchev–Trinajstić information content (AvgIpc) is 2.97. The molecular formula is C34H41NO9. The zero-order valence-corrected chi connectivity index (χ0v) is 26.6. The Morgan fingerprint density at radius 2 is 1.66 bits per heavy atom. The number of nitrogens with zero attached hydrogens (tertiary/aromatic N) is 1. The third-order valence-corrected chi connectivity index (χ3v) is 7.04. The molecule has 0 aliphatic carbocycles. The number of ether oxygens (including phenoxy) is 6. The van der Waals surface area contributed by atoms with Gasteiger partial charge in [0.15, 0.2) is 23.0 Å². The summed E-state index contributed by atoms with van der Waals surface area (Å²) in [6, 6.07) is 13.6. The first-order chi connectivity index (χ1) is 20.8. The van der Waals surface area contributed by atoms with E-state index in [0.29, 0.717) is 53.5 Å². The number of methoxy groups -OCH3 is 3. The van der Waals surface area contributed by atoms with Gasteiger partial charge in [-0.05, 0) is 95.0 Å². The van der Waals surface area contributed by atoms with Crippen molar-refractivity contribution in [3.05, 3.63) is 70.8 Å². The fourth-order valence-corrected chi connectivity index (χ4v) is 5.15. The Kier molecular flexibility index (Phi) is 9.81. The third kappa shape index (κ3) is 7.30. The van der Waals surface area contributed by atoms with E-state index in [4.69, 9.17) is 28.4 Å². The highest BCUT2D eigenvalue weighted by Gasteiger charge is 2.37. The summed E-state index contributed by atoms with van der Waals surface area (Å²) >= 11 is 0. The van der Waals surface area contributed by atoms with Crippen LogP contribution in [-0.2, 0) is 22.3 Å². The molecule has 3 aromatic rings. The number of carbonyl (C=O) groups is 2. The van der Waals surface area contributed by atoms with Crippen LogP contribution < -0.4 is 18.9 Å². The zero-order chi connectivity index (χ0) is 32.2. The van der Waals surface area contributed by atoms with Gasteiger partial charge in [-0.1, -0.05) is 12.1 Å². The van der Waals surface area contributed by atoms with Gasteiger partial charge in [-0.25, -0.2) is 9.59 Å². The number of fused-ring (bicyclic) bond motifs is 1. The molecule has 44 heavy (non-hydrogen) atoms. The van der Waals surface area contributed by atoms with Crippen LogP contribution in [0.4, 0.5) is 4.79 Å². The van der Waals surface area contributed by atoms with E-state index in [1.165, 1.54) is 21.3 Å². The van der Waals surface area contributed by atoms with Crippen molar-refractivity contribution < 1.29 is 43.1 Å². The Morgan fingerprint density at radius 3 is 2.25 bits per heavy atom. The van der Waals surface area contributed by atoms with Gasteiger partial charge in [0.2, 0.25) is 5.75 Å². The molecule has 0 fully saturated rings. The minimum atomic E-state index is -0.691. The summed E-state index contributed by atoms with van der Waals surface area (Å²) in [7, 11) is 4.30. The summed E-state index contributed by atoms with van der Waals surface area (Å²) in [6.45, 7) is 9.67. The fraction of sp³-hybridized carbons (Fsp3) is 0.412. The van der Waals surface area contributed by atoms with Gasteiger partial charge in [0.1, 0.15) is 11.4 Å². The van der Waals surface area contributed by atoms with E-state index < -0.39 is 23.7 Å². The van der Waals surface area contributed by atoms with Crippen LogP contribution in [0.25, 0.3) is 0 Å². The largest absolute Gasteiger partial charge is 0.504 e. The molecule has 0 saturated carbocycles. The maximum absolute atomic E-state index is 13.4. The van der Waals surface area contributed by atoms with Gasteiger partial charge in [-0.15, -0.1) is 0 Å². The molecule has 1 N–H and O–H groups in total. The van der Waals surface area contributed by atoms with Gasteiger partial charge in [0.25, 0.3) is 0 Å². The smallest absolute Gasteiger partial charge is 0.410 e. The summed E-state index contributed by atoms with van der Waals surface area (Å²) in [5, 5.41) is 11.4. The quantitative estimate of drug-likeness (QED) is 0.261. The summed E-state index contributed by atoms with van der Waals surface area (Å²) in [4.78, 5) is 27.2. The number of rotatable bonds is 9. The molecular weight excluding hydrogens is 566 g/mol. The van der Waals surface area contributed by atoms with E-state index in [9.17, 15) is 14.7 Å². The van der Waals surface area contributed by atoms with Crippen molar-refractivity contribution in [1.82, 2.24) is 4.90 Å². The lowest BCUT2D eigenvalue weighted by Crippen LogP contribution is -2.43. The summed E-state index contributed by atoms with van der Waals surface area (Å²) in [5.74, 6) is 1.46. The maximum Gasteiger partial charge on any atom is 0.410 e. The molecule has 0 bridgehead atoms. The van der Waals surface area contributed by atoms with Crippen molar-refractivity contribution >= 4 is 12.1 Å². The lowest BCUT2D eigenvalue weighted by atomic mass is 9.87. The standard InChI is InChI=1S/C34H41NO9/c1-20(2)42-26-14-11-23(32(37)41-8)19-27(26)43-24-12-9-21(10-13-24)17-25-29-22(18-28(39-6)31(40-7)30(29)36)15-16-35(25)33(38)44-34(3,4)5/h9-14,18-20,25,36H,15-17H2,1-8H3/t25-/m0/s1. The predicted octanol–water partition coefficient (Wildman–Crippen LogP) is 6.85. The molecule has 0 radical (unpaired) electrons. The molecule has 10 heteroatoms. The monoisotopic (exact) mass is 607 g/mol. The van der Waals surface area contributed by atoms with Crippen molar-refractivity contribution in [2.75, 3.05) is 27.9 Å². The van der Waals surface area contributed by atoms with Gasteiger partial charge in [-0.3, -0.25) is 0 Å². The van der Waals surface area contributed by atoms with Gasteiger partial charge in [0, 0.05) is 12.1 Å². The average molecular weight is 608 g/mol. The molecule has 236 valence electrons. The second kappa shape index (κ2) is 13.4. The number of phenolic OH excluding ortho intramolecular Hbond substituents is 1. The highest BCUT2D eigenvalue weighted by Crippen LogP contribution is 2.48. The van der Waals surface area contributed by atoms with Crippen LogP contribution in [0.5, 0.6) is 34.5 Å². The Bertz CT molecular complexity index is 1490. The molecule has 1 aliphatic rings. The van der Waals surface area contributed by atoms with Crippen LogP contribution in [0.3, 0.4) is 0 Å². The minimum Gasteiger partial charge on any atom is -0.504 e. The van der Waals surface area contributed by atoms with Gasteiger partial charge in [-0.2, -0.15) is 0 Å². The van der Waals surface area contributed by atoms with Crippen molar-refractivity contribution in [3.8, 4) is 34.5 Å². The van der Waals surface area contributed by atoms with Crippen molar-refractivity contribution in [2.24, 2.45) is 0 Å². The zero-order valence-electron chi connectivity index (χ0n) is 26.6. The molecule has 3 aromatic carbocycles. The lowest BCUT2D eigenvalue weighted by Gasteiger charge is -2.39. The van der Waals surface area contributed by atoms with Crippen LogP contribution in [0.2, 0.25) is 0 Å². The molecule has 1 atom stereocenters. The summed E-state index contributed by atoms with van der Waals surface area (Å²) in [5.41, 5.74) is 1.99. The fourth-order valence-electron chi connectivity index (χ4n) is 5.15. The molecule has 0 unspecified atom stereocenters. The van der Waals surface area contributed by atoms with Crippen LogP contribution in [0.15, 0.2) is 48.5 Å². The molecule has 1 aliphatic heterocycles. The second-order valence-corrected chi connectivity index (χ2v) is 11.7. The summed E-state index contributed by atoms with van der Waals surface area (Å²) < 4.78 is 33.6. The molecule has 1 heterocycles. The number of aromatic hydroxyl groups is 1. The normalized spacial score (nSPS) is 14.5. The van der Waals surface area contributed by atoms with E-state index in [-0.39, 0.29) is 17.6 Å². The van der Waals surface area contributed by atoms with Gasteiger partial charge in [0.05, 0.1) is 39.0 Å². The van der Waals surface area contributed by atoms with E-state index >= 15 is 0 Å². The highest BCUT2D eigenvalue weighted by molar-refractivity contribution is 5.90. The molecule has 1 amide bonds. The lowest BCUT2D eigenvalue weighted by molar-refractivity contribution is 0.0138. The van der Waals surface area contributed by atoms with E-state index in [1.807, 2.05) is 52.8 Å². The van der Waals surface area contributed by atoms with Crippen LogP contribution in [-0.4, -0.2) is 61.6 Å². The minimum absolute atomic E-state index is 0.0665. The van der Waals surface area contributed by atoms with E-state index in [0.717, 1.165) is 11.1 Å². The molecule has 4 rings (SSSR count). The Balaban J connectivity index is 1.67. The molecule has 0 spiro atoms. The second-order valence-electron chi connectivity index (χ2n) is 11.7. The van der Waals surface area contributed by atoms with Crippen molar-refractivity contribution in [2.45, 2.75) is 65.2 Å².